The summed E-state index contributed by atoms with van der Waals surface area (Å²) in [7, 11) is 0. The van der Waals surface area contributed by atoms with Gasteiger partial charge in [-0.2, -0.15) is 20.3 Å². The summed E-state index contributed by atoms with van der Waals surface area (Å²) in [6.07, 6.45) is 1.49. The molecule has 1 atom stereocenters. The second kappa shape index (κ2) is 8.01. The summed E-state index contributed by atoms with van der Waals surface area (Å²) in [6.45, 7) is 4.40. The number of rotatable bonds is 6. The number of benzene rings is 2. The summed E-state index contributed by atoms with van der Waals surface area (Å²) >= 11 is 0. The smallest absolute Gasteiger partial charge is 0.231 e. The average Bonchev–Trinajstić information content (AvgIpc) is 3.10. The first-order valence-electron chi connectivity index (χ1n) is 8.86. The summed E-state index contributed by atoms with van der Waals surface area (Å²) in [5.41, 5.74) is 8.54. The van der Waals surface area contributed by atoms with Crippen LogP contribution < -0.4 is 5.73 Å². The van der Waals surface area contributed by atoms with E-state index in [9.17, 15) is 9.18 Å². The lowest BCUT2D eigenvalue weighted by molar-refractivity contribution is -0.118. The molecule has 1 heterocycles. The lowest BCUT2D eigenvalue weighted by atomic mass is 9.93. The fourth-order valence-electron chi connectivity index (χ4n) is 2.98. The second-order valence-corrected chi connectivity index (χ2v) is 6.88. The van der Waals surface area contributed by atoms with Gasteiger partial charge in [-0.15, -0.1) is 0 Å². The highest BCUT2D eigenvalue weighted by atomic mass is 19.1. The van der Waals surface area contributed by atoms with Gasteiger partial charge in [-0.25, -0.2) is 4.39 Å². The number of primary amides is 1. The Labute approximate surface area is 162 Å². The first-order valence-corrected chi connectivity index (χ1v) is 8.86. The minimum Gasteiger partial charge on any atom is -0.369 e. The Balaban J connectivity index is 1.84. The van der Waals surface area contributed by atoms with Crippen LogP contribution >= 0.6 is 0 Å². The SMILES string of the molecule is CC(C)c1ccc(C(C(N)=O)c2cnn(Cc3ccc(C#N)c(F)c3)n2)cc1. The van der Waals surface area contributed by atoms with Crippen molar-refractivity contribution in [2.75, 3.05) is 0 Å². The maximum absolute atomic E-state index is 13.8. The van der Waals surface area contributed by atoms with E-state index in [0.717, 1.165) is 5.56 Å². The van der Waals surface area contributed by atoms with Gasteiger partial charge in [-0.05, 0) is 34.7 Å². The highest BCUT2D eigenvalue weighted by Crippen LogP contribution is 2.25. The molecule has 0 radical (unpaired) electrons. The van der Waals surface area contributed by atoms with Crippen molar-refractivity contribution >= 4 is 5.91 Å². The van der Waals surface area contributed by atoms with Crippen molar-refractivity contribution in [3.05, 3.63) is 82.4 Å². The molecule has 0 bridgehead atoms. The quantitative estimate of drug-likeness (QED) is 0.714. The molecule has 1 aromatic heterocycles. The van der Waals surface area contributed by atoms with E-state index in [2.05, 4.69) is 24.0 Å². The van der Waals surface area contributed by atoms with Crippen LogP contribution in [0.4, 0.5) is 4.39 Å². The standard InChI is InChI=1S/C21H20FN5O/c1-13(2)15-5-7-16(8-6-15)20(21(24)28)19-11-25-27(26-19)12-14-3-4-17(10-23)18(22)9-14/h3-9,11,13,20H,12H2,1-2H3,(H2,24,28). The molecule has 3 aromatic rings. The number of hydrogen-bond donors (Lipinski definition) is 1. The van der Waals surface area contributed by atoms with Crippen molar-refractivity contribution < 1.29 is 9.18 Å². The van der Waals surface area contributed by atoms with Crippen molar-refractivity contribution in [1.82, 2.24) is 15.0 Å². The first-order chi connectivity index (χ1) is 13.4. The van der Waals surface area contributed by atoms with Gasteiger partial charge in [0, 0.05) is 0 Å². The first kappa shape index (κ1) is 19.2. The van der Waals surface area contributed by atoms with E-state index in [1.165, 1.54) is 28.7 Å². The van der Waals surface area contributed by atoms with Gasteiger partial charge in [0.05, 0.1) is 24.0 Å². The van der Waals surface area contributed by atoms with Gasteiger partial charge in [0.1, 0.15) is 17.8 Å². The fourth-order valence-corrected chi connectivity index (χ4v) is 2.98. The third kappa shape index (κ3) is 4.07. The van der Waals surface area contributed by atoms with Crippen LogP contribution in [0.5, 0.6) is 0 Å². The molecule has 2 N–H and O–H groups in total. The molecule has 0 saturated heterocycles. The molecule has 1 unspecified atom stereocenters. The molecule has 3 rings (SSSR count). The number of nitrogens with zero attached hydrogens (tertiary/aromatic N) is 4. The number of aromatic nitrogens is 3. The number of nitriles is 1. The normalized spacial score (nSPS) is 12.0. The Kier molecular flexibility index (Phi) is 5.50. The van der Waals surface area contributed by atoms with Crippen LogP contribution in [0.2, 0.25) is 0 Å². The van der Waals surface area contributed by atoms with Crippen LogP contribution in [0.15, 0.2) is 48.7 Å². The van der Waals surface area contributed by atoms with Gasteiger partial charge in [-0.3, -0.25) is 4.79 Å². The van der Waals surface area contributed by atoms with Crippen LogP contribution in [0.25, 0.3) is 0 Å². The molecule has 0 aliphatic carbocycles. The Morgan fingerprint density at radius 3 is 2.46 bits per heavy atom. The zero-order chi connectivity index (χ0) is 20.3. The molecule has 6 nitrogen and oxygen atoms in total. The van der Waals surface area contributed by atoms with Gasteiger partial charge >= 0.3 is 0 Å². The number of halogens is 1. The maximum atomic E-state index is 13.8. The van der Waals surface area contributed by atoms with E-state index >= 15 is 0 Å². The molecular weight excluding hydrogens is 357 g/mol. The summed E-state index contributed by atoms with van der Waals surface area (Å²) in [5.74, 6) is -1.44. The van der Waals surface area contributed by atoms with E-state index < -0.39 is 17.6 Å². The van der Waals surface area contributed by atoms with Crippen molar-refractivity contribution in [2.24, 2.45) is 5.73 Å². The van der Waals surface area contributed by atoms with Crippen molar-refractivity contribution in [2.45, 2.75) is 32.2 Å². The van der Waals surface area contributed by atoms with E-state index in [4.69, 9.17) is 11.0 Å². The molecule has 0 aliphatic heterocycles. The molecule has 1 amide bonds. The monoisotopic (exact) mass is 377 g/mol. The lowest BCUT2D eigenvalue weighted by Crippen LogP contribution is -2.23. The number of carbonyl (C=O) groups is 1. The Bertz CT molecular complexity index is 1030. The average molecular weight is 377 g/mol. The fraction of sp³-hybridized carbons (Fsp3) is 0.238. The van der Waals surface area contributed by atoms with Crippen LogP contribution in [0, 0.1) is 17.1 Å². The highest BCUT2D eigenvalue weighted by molar-refractivity contribution is 5.85. The van der Waals surface area contributed by atoms with Gasteiger partial charge in [0.25, 0.3) is 0 Å². The maximum Gasteiger partial charge on any atom is 0.231 e. The minimum atomic E-state index is -0.715. The predicted octanol–water partition coefficient (Wildman–Crippen LogP) is 3.08. The Morgan fingerprint density at radius 2 is 1.89 bits per heavy atom. The molecule has 28 heavy (non-hydrogen) atoms. The summed E-state index contributed by atoms with van der Waals surface area (Å²) in [5, 5.41) is 17.3. The third-order valence-electron chi connectivity index (χ3n) is 4.55. The zero-order valence-corrected chi connectivity index (χ0v) is 15.6. The van der Waals surface area contributed by atoms with Gasteiger partial charge in [-0.1, -0.05) is 44.2 Å². The topological polar surface area (TPSA) is 97.6 Å². The van der Waals surface area contributed by atoms with Crippen molar-refractivity contribution in [3.8, 4) is 6.07 Å². The highest BCUT2D eigenvalue weighted by Gasteiger charge is 2.23. The van der Waals surface area contributed by atoms with Crippen molar-refractivity contribution in [3.63, 3.8) is 0 Å². The molecule has 0 fully saturated rings. The molecule has 0 saturated carbocycles. The zero-order valence-electron chi connectivity index (χ0n) is 15.6. The number of nitrogens with two attached hydrogens (primary N) is 1. The molecule has 0 spiro atoms. The van der Waals surface area contributed by atoms with E-state index in [1.807, 2.05) is 24.3 Å². The second-order valence-electron chi connectivity index (χ2n) is 6.88. The molecular formula is C21H20FN5O. The van der Waals surface area contributed by atoms with Crippen LogP contribution in [-0.4, -0.2) is 20.9 Å². The van der Waals surface area contributed by atoms with Gasteiger partial charge in [0.2, 0.25) is 5.91 Å². The summed E-state index contributed by atoms with van der Waals surface area (Å²) in [6, 6.07) is 13.8. The van der Waals surface area contributed by atoms with E-state index in [0.29, 0.717) is 17.2 Å². The molecule has 2 aromatic carbocycles. The Hall–Kier alpha value is -3.53. The minimum absolute atomic E-state index is 0.0171. The lowest BCUT2D eigenvalue weighted by Gasteiger charge is -2.12. The largest absolute Gasteiger partial charge is 0.369 e. The van der Waals surface area contributed by atoms with Crippen LogP contribution in [0.3, 0.4) is 0 Å². The molecule has 142 valence electrons. The summed E-state index contributed by atoms with van der Waals surface area (Å²) in [4.78, 5) is 13.4. The van der Waals surface area contributed by atoms with Crippen LogP contribution in [-0.2, 0) is 11.3 Å². The Morgan fingerprint density at radius 1 is 1.21 bits per heavy atom. The van der Waals surface area contributed by atoms with Gasteiger partial charge in [0.15, 0.2) is 0 Å². The van der Waals surface area contributed by atoms with Crippen molar-refractivity contribution in [1.29, 1.82) is 5.26 Å². The summed E-state index contributed by atoms with van der Waals surface area (Å²) < 4.78 is 13.8. The van der Waals surface area contributed by atoms with E-state index in [1.54, 1.807) is 12.1 Å². The number of amides is 1. The van der Waals surface area contributed by atoms with Crippen LogP contribution in [0.1, 0.15) is 53.6 Å². The third-order valence-corrected chi connectivity index (χ3v) is 4.55. The number of carbonyl (C=O) groups excluding carboxylic acids is 1. The predicted molar refractivity (Wildman–Crippen MR) is 102 cm³/mol. The van der Waals surface area contributed by atoms with E-state index in [-0.39, 0.29) is 12.1 Å². The molecule has 0 aliphatic rings. The number of hydrogen-bond acceptors (Lipinski definition) is 4. The van der Waals surface area contributed by atoms with Gasteiger partial charge < -0.3 is 5.73 Å². The molecule has 7 heteroatoms.